The second kappa shape index (κ2) is 11.1. The molecule has 0 saturated carbocycles. The summed E-state index contributed by atoms with van der Waals surface area (Å²) in [5.41, 5.74) is 0.0596. The van der Waals surface area contributed by atoms with E-state index >= 15 is 0 Å². The summed E-state index contributed by atoms with van der Waals surface area (Å²) in [7, 11) is 0. The Hall–Kier alpha value is -2.78. The largest absolute Gasteiger partial charge is 0.417 e. The maximum Gasteiger partial charge on any atom is 0.417 e. The van der Waals surface area contributed by atoms with Gasteiger partial charge in [-0.15, -0.1) is 0 Å². The summed E-state index contributed by atoms with van der Waals surface area (Å²) < 4.78 is 40.0. The monoisotopic (exact) mass is 493 g/mol. The van der Waals surface area contributed by atoms with Crippen molar-refractivity contribution in [1.29, 1.82) is 5.41 Å². The van der Waals surface area contributed by atoms with Crippen LogP contribution in [0.3, 0.4) is 0 Å². The summed E-state index contributed by atoms with van der Waals surface area (Å²) >= 11 is 6.01. The van der Waals surface area contributed by atoms with Crippen molar-refractivity contribution < 1.29 is 18.0 Å². The van der Waals surface area contributed by atoms with Gasteiger partial charge in [-0.25, -0.2) is 4.99 Å². The number of hydrogen-bond donors (Lipinski definition) is 3. The lowest BCUT2D eigenvalue weighted by atomic mass is 9.92. The van der Waals surface area contributed by atoms with E-state index in [0.717, 1.165) is 37.9 Å². The third-order valence-electron chi connectivity index (χ3n) is 5.59. The Labute approximate surface area is 201 Å². The number of allylic oxidation sites excluding steroid dienone is 1. The first-order chi connectivity index (χ1) is 16.1. The van der Waals surface area contributed by atoms with E-state index in [1.807, 2.05) is 13.8 Å². The molecule has 34 heavy (non-hydrogen) atoms. The van der Waals surface area contributed by atoms with Gasteiger partial charge in [0.25, 0.3) is 0 Å². The van der Waals surface area contributed by atoms with E-state index in [0.29, 0.717) is 23.4 Å². The summed E-state index contributed by atoms with van der Waals surface area (Å²) in [6, 6.07) is 5.02. The van der Waals surface area contributed by atoms with Crippen LogP contribution in [-0.4, -0.2) is 40.1 Å². The van der Waals surface area contributed by atoms with Crippen LogP contribution in [-0.2, 0) is 6.18 Å². The number of carbonyl (C=O) groups excluding carboxylic acids is 1. The second-order valence-electron chi connectivity index (χ2n) is 8.52. The molecular weight excluding hydrogens is 467 g/mol. The smallest absolute Gasteiger partial charge is 0.314 e. The quantitative estimate of drug-likeness (QED) is 0.195. The molecule has 2 heterocycles. The topological polar surface area (TPSA) is 94.0 Å². The van der Waals surface area contributed by atoms with Gasteiger partial charge in [-0.3, -0.25) is 15.3 Å². The van der Waals surface area contributed by atoms with Gasteiger partial charge in [-0.05, 0) is 55.7 Å². The molecule has 1 unspecified atom stereocenters. The highest BCUT2D eigenvalue weighted by Crippen LogP contribution is 2.36. The van der Waals surface area contributed by atoms with Crippen LogP contribution in [0.15, 0.2) is 47.1 Å². The summed E-state index contributed by atoms with van der Waals surface area (Å²) in [5.74, 6) is -0.720. The number of halogens is 4. The molecule has 1 fully saturated rings. The molecule has 1 aliphatic heterocycles. The number of alkyl halides is 3. The van der Waals surface area contributed by atoms with Crippen molar-refractivity contribution in [2.75, 3.05) is 6.54 Å². The summed E-state index contributed by atoms with van der Waals surface area (Å²) in [6.45, 7) is 4.50. The van der Waals surface area contributed by atoms with Crippen LogP contribution in [0.25, 0.3) is 0 Å². The first-order valence-electron chi connectivity index (χ1n) is 11.1. The number of aliphatic imine (C=N–C) groups is 1. The Kier molecular flexibility index (Phi) is 8.43. The van der Waals surface area contributed by atoms with E-state index < -0.39 is 22.5 Å². The second-order valence-corrected chi connectivity index (χ2v) is 8.90. The van der Waals surface area contributed by atoms with E-state index in [1.54, 1.807) is 6.07 Å². The molecule has 3 N–H and O–H groups in total. The van der Waals surface area contributed by atoms with Crippen molar-refractivity contribution in [3.05, 3.63) is 64.0 Å². The molecule has 0 bridgehead atoms. The van der Waals surface area contributed by atoms with Crippen LogP contribution in [0, 0.1) is 11.3 Å². The number of hydrogen-bond acceptors (Lipinski definition) is 4. The zero-order valence-corrected chi connectivity index (χ0v) is 19.7. The standard InChI is InChI=1S/C24H27ClF3N5O/c1-14(2)23(29)32-22(19-9-11-31-33-19)15(12-16-6-3-4-10-30-16)13-20(34)17-7-5-8-18(21(17)25)24(26,27)28/h5,7-9,11,13-14,16,29-30H,3-4,6,10,12H2,1-2H3,(H,31,33)/b15-13+,29-23?,32-22?. The Morgan fingerprint density at radius 3 is 2.68 bits per heavy atom. The van der Waals surface area contributed by atoms with Crippen LogP contribution in [0.5, 0.6) is 0 Å². The Bertz CT molecular complexity index is 1080. The minimum Gasteiger partial charge on any atom is -0.314 e. The molecule has 0 radical (unpaired) electrons. The van der Waals surface area contributed by atoms with Gasteiger partial charge >= 0.3 is 6.18 Å². The molecule has 182 valence electrons. The SMILES string of the molecule is CC(C)C(=N)N=C(/C(=C/C(=O)c1cccc(C(F)(F)F)c1Cl)CC1CCCCN1)c1ccn[nH]1. The van der Waals surface area contributed by atoms with E-state index in [2.05, 4.69) is 20.5 Å². The molecule has 1 atom stereocenters. The fourth-order valence-electron chi connectivity index (χ4n) is 3.71. The lowest BCUT2D eigenvalue weighted by Gasteiger charge is -2.25. The maximum absolute atomic E-state index is 13.3. The van der Waals surface area contributed by atoms with E-state index in [-0.39, 0.29) is 23.4 Å². The molecule has 3 rings (SSSR count). The van der Waals surface area contributed by atoms with Gasteiger partial charge in [0.05, 0.1) is 22.0 Å². The van der Waals surface area contributed by atoms with Gasteiger partial charge in [0.2, 0.25) is 0 Å². The number of carbonyl (C=O) groups is 1. The van der Waals surface area contributed by atoms with E-state index in [9.17, 15) is 18.0 Å². The van der Waals surface area contributed by atoms with Crippen molar-refractivity contribution in [1.82, 2.24) is 15.5 Å². The van der Waals surface area contributed by atoms with Gasteiger partial charge in [-0.2, -0.15) is 18.3 Å². The normalized spacial score (nSPS) is 17.8. The molecule has 0 aliphatic carbocycles. The summed E-state index contributed by atoms with van der Waals surface area (Å²) in [4.78, 5) is 17.7. The van der Waals surface area contributed by atoms with Gasteiger partial charge in [0.15, 0.2) is 5.78 Å². The third-order valence-corrected chi connectivity index (χ3v) is 6.00. The van der Waals surface area contributed by atoms with Crippen molar-refractivity contribution in [3.8, 4) is 0 Å². The molecule has 10 heteroatoms. The molecular formula is C24H27ClF3N5O. The average molecular weight is 494 g/mol. The molecule has 2 aromatic rings. The predicted octanol–water partition coefficient (Wildman–Crippen LogP) is 5.85. The Balaban J connectivity index is 2.10. The van der Waals surface area contributed by atoms with Gasteiger partial charge in [-0.1, -0.05) is 37.9 Å². The van der Waals surface area contributed by atoms with E-state index in [4.69, 9.17) is 17.0 Å². The molecule has 0 amide bonds. The van der Waals surface area contributed by atoms with Crippen LogP contribution in [0.4, 0.5) is 13.2 Å². The number of aromatic nitrogens is 2. The average Bonchev–Trinajstić information content (AvgIpc) is 3.31. The maximum atomic E-state index is 13.3. The number of ketones is 1. The highest BCUT2D eigenvalue weighted by atomic mass is 35.5. The minimum atomic E-state index is -4.68. The van der Waals surface area contributed by atoms with Gasteiger partial charge in [0.1, 0.15) is 5.84 Å². The number of aromatic amines is 1. The molecule has 0 spiro atoms. The molecule has 1 aromatic carbocycles. The van der Waals surface area contributed by atoms with Crippen molar-refractivity contribution in [2.45, 2.75) is 51.7 Å². The number of nitrogens with zero attached hydrogens (tertiary/aromatic N) is 2. The molecule has 1 aromatic heterocycles. The highest BCUT2D eigenvalue weighted by molar-refractivity contribution is 6.35. The molecule has 1 saturated heterocycles. The fraction of sp³-hybridized carbons (Fsp3) is 0.417. The first kappa shape index (κ1) is 25.8. The zero-order chi connectivity index (χ0) is 24.9. The Morgan fingerprint density at radius 2 is 2.09 bits per heavy atom. The lowest BCUT2D eigenvalue weighted by molar-refractivity contribution is -0.137. The number of piperidine rings is 1. The fourth-order valence-corrected chi connectivity index (χ4v) is 4.03. The first-order valence-corrected chi connectivity index (χ1v) is 11.5. The van der Waals surface area contributed by atoms with Crippen LogP contribution >= 0.6 is 11.6 Å². The summed E-state index contributed by atoms with van der Waals surface area (Å²) in [5, 5.41) is 17.8. The predicted molar refractivity (Wildman–Crippen MR) is 127 cm³/mol. The number of rotatable bonds is 7. The van der Waals surface area contributed by atoms with Crippen LogP contribution in [0.1, 0.15) is 61.1 Å². The Morgan fingerprint density at radius 1 is 1.32 bits per heavy atom. The van der Waals surface area contributed by atoms with Crippen LogP contribution < -0.4 is 5.32 Å². The minimum absolute atomic E-state index is 0.0612. The van der Waals surface area contributed by atoms with Crippen molar-refractivity contribution in [3.63, 3.8) is 0 Å². The lowest BCUT2D eigenvalue weighted by Crippen LogP contribution is -2.35. The summed E-state index contributed by atoms with van der Waals surface area (Å²) in [6.07, 6.45) is 1.50. The number of amidine groups is 1. The van der Waals surface area contributed by atoms with E-state index in [1.165, 1.54) is 18.3 Å². The molecule has 6 nitrogen and oxygen atoms in total. The number of nitrogens with one attached hydrogen (secondary N) is 3. The van der Waals surface area contributed by atoms with Crippen molar-refractivity contribution in [2.24, 2.45) is 10.9 Å². The van der Waals surface area contributed by atoms with Crippen molar-refractivity contribution >= 4 is 28.9 Å². The van der Waals surface area contributed by atoms with Gasteiger partial charge < -0.3 is 5.32 Å². The highest BCUT2D eigenvalue weighted by Gasteiger charge is 2.34. The molecule has 1 aliphatic rings. The number of benzene rings is 1. The van der Waals surface area contributed by atoms with Gasteiger partial charge in [0, 0.05) is 23.7 Å². The van der Waals surface area contributed by atoms with Crippen LogP contribution in [0.2, 0.25) is 5.02 Å². The number of H-pyrrole nitrogens is 1. The third kappa shape index (κ3) is 6.42. The zero-order valence-electron chi connectivity index (χ0n) is 19.0.